The van der Waals surface area contributed by atoms with Crippen molar-refractivity contribution in [3.05, 3.63) is 28.8 Å². The van der Waals surface area contributed by atoms with Crippen LogP contribution in [0.25, 0.3) is 0 Å². The summed E-state index contributed by atoms with van der Waals surface area (Å²) < 4.78 is 0. The number of hydrogen-bond acceptors (Lipinski definition) is 3. The van der Waals surface area contributed by atoms with Crippen molar-refractivity contribution in [2.45, 2.75) is 6.92 Å². The van der Waals surface area contributed by atoms with Gasteiger partial charge in [-0.25, -0.2) is 0 Å². The van der Waals surface area contributed by atoms with Crippen LogP contribution in [0.2, 0.25) is 5.02 Å². The third kappa shape index (κ3) is 3.35. The molecular formula is C11H14ClN3O2. The maximum Gasteiger partial charge on any atom is 0.255 e. The molecule has 0 aromatic heterocycles. The first kappa shape index (κ1) is 13.3. The van der Waals surface area contributed by atoms with Crippen LogP contribution in [0.15, 0.2) is 18.2 Å². The van der Waals surface area contributed by atoms with Gasteiger partial charge in [0.2, 0.25) is 5.91 Å². The van der Waals surface area contributed by atoms with Crippen LogP contribution < -0.4 is 11.5 Å². The van der Waals surface area contributed by atoms with E-state index >= 15 is 0 Å². The average molecular weight is 256 g/mol. The zero-order valence-electron chi connectivity index (χ0n) is 9.44. The molecule has 17 heavy (non-hydrogen) atoms. The summed E-state index contributed by atoms with van der Waals surface area (Å²) in [6.07, 6.45) is 0. The summed E-state index contributed by atoms with van der Waals surface area (Å²) in [6, 6.07) is 4.60. The highest BCUT2D eigenvalue weighted by Gasteiger charge is 2.18. The minimum Gasteiger partial charge on any atom is -0.399 e. The van der Waals surface area contributed by atoms with Crippen molar-refractivity contribution in [2.75, 3.05) is 18.8 Å². The van der Waals surface area contributed by atoms with Gasteiger partial charge < -0.3 is 16.4 Å². The third-order valence-electron chi connectivity index (χ3n) is 2.24. The van der Waals surface area contributed by atoms with Gasteiger partial charge in [0.25, 0.3) is 5.91 Å². The van der Waals surface area contributed by atoms with Gasteiger partial charge in [0, 0.05) is 12.2 Å². The van der Waals surface area contributed by atoms with E-state index < -0.39 is 5.91 Å². The van der Waals surface area contributed by atoms with Gasteiger partial charge in [-0.1, -0.05) is 11.6 Å². The molecule has 1 aromatic carbocycles. The normalized spacial score (nSPS) is 10.0. The monoisotopic (exact) mass is 255 g/mol. The molecule has 0 bridgehead atoms. The molecule has 0 fully saturated rings. The van der Waals surface area contributed by atoms with Gasteiger partial charge in [-0.15, -0.1) is 0 Å². The molecule has 0 saturated heterocycles. The molecule has 4 N–H and O–H groups in total. The fourth-order valence-electron chi connectivity index (χ4n) is 1.39. The SMILES string of the molecule is CCN(CC(N)=O)C(=O)c1ccc(N)cc1Cl. The first-order valence-corrected chi connectivity index (χ1v) is 5.46. The predicted octanol–water partition coefficient (Wildman–Crippen LogP) is 0.870. The van der Waals surface area contributed by atoms with Crippen LogP contribution in [-0.2, 0) is 4.79 Å². The fourth-order valence-corrected chi connectivity index (χ4v) is 1.66. The molecule has 0 aliphatic heterocycles. The molecule has 0 aliphatic carbocycles. The summed E-state index contributed by atoms with van der Waals surface area (Å²) in [6.45, 7) is 2.00. The molecule has 0 radical (unpaired) electrons. The number of nitrogens with two attached hydrogens (primary N) is 2. The van der Waals surface area contributed by atoms with E-state index in [2.05, 4.69) is 0 Å². The summed E-state index contributed by atoms with van der Waals surface area (Å²) in [5, 5.41) is 0.262. The van der Waals surface area contributed by atoms with Crippen LogP contribution >= 0.6 is 11.6 Å². The Kier molecular flexibility index (Phi) is 4.34. The third-order valence-corrected chi connectivity index (χ3v) is 2.55. The standard InChI is InChI=1S/C11H14ClN3O2/c1-2-15(6-10(14)16)11(17)8-4-3-7(13)5-9(8)12/h3-5H,2,6,13H2,1H3,(H2,14,16). The van der Waals surface area contributed by atoms with Crippen molar-refractivity contribution in [3.63, 3.8) is 0 Å². The quantitative estimate of drug-likeness (QED) is 0.783. The lowest BCUT2D eigenvalue weighted by molar-refractivity contribution is -0.118. The molecule has 5 nitrogen and oxygen atoms in total. The highest BCUT2D eigenvalue weighted by Crippen LogP contribution is 2.20. The lowest BCUT2D eigenvalue weighted by Gasteiger charge is -2.19. The molecule has 0 atom stereocenters. The second kappa shape index (κ2) is 5.54. The Morgan fingerprint density at radius 2 is 2.06 bits per heavy atom. The topological polar surface area (TPSA) is 89.4 Å². The number of likely N-dealkylation sites (N-methyl/N-ethyl adjacent to an activating group) is 1. The smallest absolute Gasteiger partial charge is 0.255 e. The van der Waals surface area contributed by atoms with E-state index in [1.165, 1.54) is 17.0 Å². The first-order valence-electron chi connectivity index (χ1n) is 5.08. The Balaban J connectivity index is 2.97. The van der Waals surface area contributed by atoms with E-state index in [4.69, 9.17) is 23.1 Å². The summed E-state index contributed by atoms with van der Waals surface area (Å²) in [5.74, 6) is -0.900. The first-order chi connectivity index (χ1) is 7.95. The number of halogens is 1. The van der Waals surface area contributed by atoms with Crippen LogP contribution in [0.5, 0.6) is 0 Å². The fraction of sp³-hybridized carbons (Fsp3) is 0.273. The second-order valence-corrected chi connectivity index (χ2v) is 3.93. The van der Waals surface area contributed by atoms with Crippen molar-refractivity contribution >= 4 is 29.1 Å². The molecule has 0 heterocycles. The van der Waals surface area contributed by atoms with E-state index in [-0.39, 0.29) is 17.5 Å². The van der Waals surface area contributed by atoms with Crippen LogP contribution in [0.1, 0.15) is 17.3 Å². The van der Waals surface area contributed by atoms with Crippen molar-refractivity contribution in [3.8, 4) is 0 Å². The number of nitrogens with zero attached hydrogens (tertiary/aromatic N) is 1. The van der Waals surface area contributed by atoms with Crippen molar-refractivity contribution < 1.29 is 9.59 Å². The maximum absolute atomic E-state index is 12.0. The minimum absolute atomic E-state index is 0.129. The maximum atomic E-state index is 12.0. The molecular weight excluding hydrogens is 242 g/mol. The Bertz CT molecular complexity index is 448. The van der Waals surface area contributed by atoms with Gasteiger partial charge in [-0.2, -0.15) is 0 Å². The second-order valence-electron chi connectivity index (χ2n) is 3.52. The van der Waals surface area contributed by atoms with Crippen LogP contribution in [-0.4, -0.2) is 29.8 Å². The summed E-state index contributed by atoms with van der Waals surface area (Å²) >= 11 is 5.92. The number of anilines is 1. The van der Waals surface area contributed by atoms with Crippen LogP contribution in [0.4, 0.5) is 5.69 Å². The number of primary amides is 1. The van der Waals surface area contributed by atoms with E-state index in [1.807, 2.05) is 0 Å². The number of benzene rings is 1. The Labute approximate surface area is 104 Å². The number of carbonyl (C=O) groups is 2. The van der Waals surface area contributed by atoms with Gasteiger partial charge in [0.05, 0.1) is 17.1 Å². The predicted molar refractivity (Wildman–Crippen MR) is 66.6 cm³/mol. The number of amides is 2. The summed E-state index contributed by atoms with van der Waals surface area (Å²) in [4.78, 5) is 24.2. The average Bonchev–Trinajstić information content (AvgIpc) is 2.24. The number of rotatable bonds is 4. The van der Waals surface area contributed by atoms with E-state index in [1.54, 1.807) is 13.0 Å². The van der Waals surface area contributed by atoms with Crippen molar-refractivity contribution in [1.82, 2.24) is 4.90 Å². The van der Waals surface area contributed by atoms with Gasteiger partial charge >= 0.3 is 0 Å². The minimum atomic E-state index is -0.563. The molecule has 0 aliphatic rings. The van der Waals surface area contributed by atoms with Crippen molar-refractivity contribution in [1.29, 1.82) is 0 Å². The Morgan fingerprint density at radius 1 is 1.41 bits per heavy atom. The highest BCUT2D eigenvalue weighted by molar-refractivity contribution is 6.34. The lowest BCUT2D eigenvalue weighted by atomic mass is 10.1. The van der Waals surface area contributed by atoms with E-state index in [9.17, 15) is 9.59 Å². The van der Waals surface area contributed by atoms with E-state index in [0.29, 0.717) is 17.8 Å². The van der Waals surface area contributed by atoms with Crippen LogP contribution in [0, 0.1) is 0 Å². The summed E-state index contributed by atoms with van der Waals surface area (Å²) in [5.41, 5.74) is 11.4. The molecule has 2 amide bonds. The highest BCUT2D eigenvalue weighted by atomic mass is 35.5. The molecule has 6 heteroatoms. The van der Waals surface area contributed by atoms with Gasteiger partial charge in [0.15, 0.2) is 0 Å². The number of nitrogen functional groups attached to an aromatic ring is 1. The lowest BCUT2D eigenvalue weighted by Crippen LogP contribution is -2.38. The van der Waals surface area contributed by atoms with Gasteiger partial charge in [-0.3, -0.25) is 9.59 Å². The molecule has 0 unspecified atom stereocenters. The van der Waals surface area contributed by atoms with Crippen LogP contribution in [0.3, 0.4) is 0 Å². The number of hydrogen-bond donors (Lipinski definition) is 2. The Morgan fingerprint density at radius 3 is 2.53 bits per heavy atom. The van der Waals surface area contributed by atoms with E-state index in [0.717, 1.165) is 0 Å². The largest absolute Gasteiger partial charge is 0.399 e. The summed E-state index contributed by atoms with van der Waals surface area (Å²) in [7, 11) is 0. The Hall–Kier alpha value is -1.75. The zero-order valence-corrected chi connectivity index (χ0v) is 10.2. The molecule has 1 rings (SSSR count). The molecule has 1 aromatic rings. The van der Waals surface area contributed by atoms with Crippen molar-refractivity contribution in [2.24, 2.45) is 5.73 Å². The zero-order chi connectivity index (χ0) is 13.0. The van der Waals surface area contributed by atoms with Gasteiger partial charge in [-0.05, 0) is 25.1 Å². The molecule has 92 valence electrons. The number of carbonyl (C=O) groups excluding carboxylic acids is 2. The molecule has 0 saturated carbocycles. The van der Waals surface area contributed by atoms with Gasteiger partial charge in [0.1, 0.15) is 0 Å². The molecule has 0 spiro atoms.